The van der Waals surface area contributed by atoms with Crippen molar-refractivity contribution < 1.29 is 19.4 Å². The van der Waals surface area contributed by atoms with E-state index >= 15 is 0 Å². The number of para-hydroxylation sites is 1. The van der Waals surface area contributed by atoms with E-state index in [9.17, 15) is 14.7 Å². The molecule has 0 aromatic heterocycles. The van der Waals surface area contributed by atoms with Gasteiger partial charge in [-0.1, -0.05) is 12.1 Å². The van der Waals surface area contributed by atoms with E-state index in [0.29, 0.717) is 5.69 Å². The number of carbonyl (C=O) groups excluding carboxylic acids is 2. The van der Waals surface area contributed by atoms with Gasteiger partial charge < -0.3 is 15.2 Å². The third-order valence-corrected chi connectivity index (χ3v) is 3.67. The normalized spacial score (nSPS) is 9.83. The van der Waals surface area contributed by atoms with Gasteiger partial charge >= 0.3 is 5.97 Å². The Morgan fingerprint density at radius 2 is 2.04 bits per heavy atom. The van der Waals surface area contributed by atoms with E-state index in [1.807, 2.05) is 5.40 Å². The van der Waals surface area contributed by atoms with Crippen LogP contribution in [0, 0.1) is 17.6 Å². The first-order chi connectivity index (χ1) is 11.5. The van der Waals surface area contributed by atoms with Crippen LogP contribution in [0.25, 0.3) is 0 Å². The second-order valence-corrected chi connectivity index (χ2v) is 5.67. The summed E-state index contributed by atoms with van der Waals surface area (Å²) in [7, 11) is 0. The van der Waals surface area contributed by atoms with E-state index < -0.39 is 18.5 Å². The summed E-state index contributed by atoms with van der Waals surface area (Å²) >= 11 is 1.03. The number of hydrogen-bond acceptors (Lipinski definition) is 6. The fraction of sp³-hybridized carbons (Fsp3) is 0.118. The van der Waals surface area contributed by atoms with Crippen molar-refractivity contribution in [2.24, 2.45) is 0 Å². The number of amides is 1. The number of esters is 1. The summed E-state index contributed by atoms with van der Waals surface area (Å²) in [5, 5.41) is 22.8. The number of rotatable bonds is 5. The predicted molar refractivity (Wildman–Crippen MR) is 89.7 cm³/mol. The summed E-state index contributed by atoms with van der Waals surface area (Å²) in [4.78, 5) is 24.5. The Balaban J connectivity index is 1.93. The van der Waals surface area contributed by atoms with Crippen LogP contribution in [0.5, 0.6) is 5.75 Å². The molecule has 2 rings (SSSR count). The molecular formula is C17H14N2O4S. The molecule has 2 aromatic rings. The molecule has 2 aromatic carbocycles. The summed E-state index contributed by atoms with van der Waals surface area (Å²) < 4.78 is 4.89. The van der Waals surface area contributed by atoms with Crippen LogP contribution in [0.3, 0.4) is 0 Å². The van der Waals surface area contributed by atoms with E-state index in [1.165, 1.54) is 12.1 Å². The Kier molecular flexibility index (Phi) is 5.82. The standard InChI is InChI=1S/C17H14N2O4S/c1-11-8-12(24-10-18)6-7-14(11)19-16(21)9-23-17(22)13-4-2-3-5-15(13)20/h2-8,20H,9H2,1H3,(H,19,21). The van der Waals surface area contributed by atoms with Crippen molar-refractivity contribution >= 4 is 29.3 Å². The van der Waals surface area contributed by atoms with Crippen LogP contribution in [0.1, 0.15) is 15.9 Å². The number of benzene rings is 2. The molecule has 0 radical (unpaired) electrons. The SMILES string of the molecule is Cc1cc(SC#N)ccc1NC(=O)COC(=O)c1ccccc1O. The lowest BCUT2D eigenvalue weighted by atomic mass is 10.2. The zero-order valence-corrected chi connectivity index (χ0v) is 13.6. The van der Waals surface area contributed by atoms with E-state index in [4.69, 9.17) is 10.00 Å². The van der Waals surface area contributed by atoms with Gasteiger partial charge in [0.25, 0.3) is 5.91 Å². The lowest BCUT2D eigenvalue weighted by Crippen LogP contribution is -2.21. The van der Waals surface area contributed by atoms with Crippen molar-refractivity contribution in [1.82, 2.24) is 0 Å². The van der Waals surface area contributed by atoms with Crippen LogP contribution in [0.2, 0.25) is 0 Å². The van der Waals surface area contributed by atoms with Crippen molar-refractivity contribution in [3.05, 3.63) is 53.6 Å². The number of phenols is 1. The molecule has 0 atom stereocenters. The van der Waals surface area contributed by atoms with E-state index in [-0.39, 0.29) is 11.3 Å². The van der Waals surface area contributed by atoms with E-state index in [0.717, 1.165) is 22.2 Å². The molecule has 0 spiro atoms. The molecule has 0 aliphatic carbocycles. The minimum absolute atomic E-state index is 0.000591. The topological polar surface area (TPSA) is 99.4 Å². The molecule has 0 aliphatic rings. The highest BCUT2D eigenvalue weighted by Gasteiger charge is 2.14. The van der Waals surface area contributed by atoms with Crippen molar-refractivity contribution in [1.29, 1.82) is 5.26 Å². The van der Waals surface area contributed by atoms with Crippen LogP contribution in [-0.4, -0.2) is 23.6 Å². The first-order valence-corrected chi connectivity index (χ1v) is 7.74. The van der Waals surface area contributed by atoms with Gasteiger partial charge in [0.15, 0.2) is 6.61 Å². The summed E-state index contributed by atoms with van der Waals surface area (Å²) in [6.07, 6.45) is 0. The molecule has 122 valence electrons. The largest absolute Gasteiger partial charge is 0.507 e. The van der Waals surface area contributed by atoms with Crippen LogP contribution in [-0.2, 0) is 9.53 Å². The van der Waals surface area contributed by atoms with Crippen molar-refractivity contribution in [2.45, 2.75) is 11.8 Å². The van der Waals surface area contributed by atoms with E-state index in [1.54, 1.807) is 37.3 Å². The highest BCUT2D eigenvalue weighted by molar-refractivity contribution is 8.03. The number of aryl methyl sites for hydroxylation is 1. The fourth-order valence-electron chi connectivity index (χ4n) is 1.93. The number of phenolic OH excluding ortho intramolecular Hbond substituents is 1. The molecule has 2 N–H and O–H groups in total. The molecule has 0 saturated carbocycles. The van der Waals surface area contributed by atoms with Crippen molar-refractivity contribution in [3.63, 3.8) is 0 Å². The first kappa shape index (κ1) is 17.4. The van der Waals surface area contributed by atoms with Crippen LogP contribution >= 0.6 is 11.8 Å². The Bertz CT molecular complexity index is 814. The maximum absolute atomic E-state index is 11.9. The average molecular weight is 342 g/mol. The molecule has 6 nitrogen and oxygen atoms in total. The van der Waals surface area contributed by atoms with Gasteiger partial charge in [-0.05, 0) is 54.6 Å². The highest BCUT2D eigenvalue weighted by atomic mass is 32.2. The van der Waals surface area contributed by atoms with Gasteiger partial charge in [0.05, 0.1) is 0 Å². The van der Waals surface area contributed by atoms with E-state index in [2.05, 4.69) is 5.32 Å². The minimum atomic E-state index is -0.777. The lowest BCUT2D eigenvalue weighted by Gasteiger charge is -2.10. The molecule has 24 heavy (non-hydrogen) atoms. The number of ether oxygens (including phenoxy) is 1. The number of nitriles is 1. The number of thiocyanates is 1. The maximum atomic E-state index is 11.9. The quantitative estimate of drug-likeness (QED) is 0.492. The summed E-state index contributed by atoms with van der Waals surface area (Å²) in [6, 6.07) is 11.1. The van der Waals surface area contributed by atoms with Gasteiger partial charge in [-0.25, -0.2) is 4.79 Å². The number of thioether (sulfide) groups is 1. The molecule has 0 unspecified atom stereocenters. The summed E-state index contributed by atoms with van der Waals surface area (Å²) in [6.45, 7) is 1.33. The molecule has 0 bridgehead atoms. The Morgan fingerprint density at radius 3 is 2.71 bits per heavy atom. The fourth-order valence-corrected chi connectivity index (χ4v) is 2.41. The number of aromatic hydroxyl groups is 1. The molecule has 0 aliphatic heterocycles. The molecule has 0 saturated heterocycles. The molecule has 1 amide bonds. The lowest BCUT2D eigenvalue weighted by molar-refractivity contribution is -0.119. The third-order valence-electron chi connectivity index (χ3n) is 3.09. The average Bonchev–Trinajstić information content (AvgIpc) is 2.56. The van der Waals surface area contributed by atoms with Gasteiger partial charge in [0.2, 0.25) is 0 Å². The van der Waals surface area contributed by atoms with Gasteiger partial charge in [0, 0.05) is 10.6 Å². The Hall–Kier alpha value is -2.98. The monoisotopic (exact) mass is 342 g/mol. The number of hydrogen-bond donors (Lipinski definition) is 2. The van der Waals surface area contributed by atoms with Gasteiger partial charge in [-0.3, -0.25) is 4.79 Å². The van der Waals surface area contributed by atoms with Crippen LogP contribution in [0.15, 0.2) is 47.4 Å². The molecule has 0 heterocycles. The van der Waals surface area contributed by atoms with Crippen molar-refractivity contribution in [2.75, 3.05) is 11.9 Å². The van der Waals surface area contributed by atoms with Crippen molar-refractivity contribution in [3.8, 4) is 11.2 Å². The minimum Gasteiger partial charge on any atom is -0.507 e. The van der Waals surface area contributed by atoms with Gasteiger partial charge in [-0.2, -0.15) is 5.26 Å². The zero-order chi connectivity index (χ0) is 17.5. The Labute approximate surface area is 143 Å². The maximum Gasteiger partial charge on any atom is 0.342 e. The Morgan fingerprint density at radius 1 is 1.29 bits per heavy atom. The number of nitrogens with zero attached hydrogens (tertiary/aromatic N) is 1. The number of anilines is 1. The zero-order valence-electron chi connectivity index (χ0n) is 12.8. The second-order valence-electron chi connectivity index (χ2n) is 4.81. The number of carbonyl (C=O) groups is 2. The molecular weight excluding hydrogens is 328 g/mol. The smallest absolute Gasteiger partial charge is 0.342 e. The van der Waals surface area contributed by atoms with Crippen LogP contribution in [0.4, 0.5) is 5.69 Å². The van der Waals surface area contributed by atoms with Crippen LogP contribution < -0.4 is 5.32 Å². The summed E-state index contributed by atoms with van der Waals surface area (Å²) in [5.41, 5.74) is 1.36. The first-order valence-electron chi connectivity index (χ1n) is 6.93. The van der Waals surface area contributed by atoms with Gasteiger partial charge in [-0.15, -0.1) is 0 Å². The second kappa shape index (κ2) is 8.04. The van der Waals surface area contributed by atoms with Gasteiger partial charge in [0.1, 0.15) is 16.7 Å². The summed E-state index contributed by atoms with van der Waals surface area (Å²) in [5.74, 6) is -1.48. The predicted octanol–water partition coefficient (Wildman–Crippen LogP) is 3.07. The molecule has 7 heteroatoms. The number of nitrogens with one attached hydrogen (secondary N) is 1. The molecule has 0 fully saturated rings. The highest BCUT2D eigenvalue weighted by Crippen LogP contribution is 2.23. The third kappa shape index (κ3) is 4.51.